The Hall–Kier alpha value is -1.60. The van der Waals surface area contributed by atoms with Gasteiger partial charge in [0.25, 0.3) is 0 Å². The standard InChI is InChI=1S/C11H17N5O2/c1-7-6-16-10(13-14-11(16)18)12-9(7)15-4-2-8(17)3-5-15/h6,8,10,13,17H,2-5H2,1H3,(H,14,18). The van der Waals surface area contributed by atoms with E-state index >= 15 is 0 Å². The molecule has 1 atom stereocenters. The first kappa shape index (κ1) is 11.5. The molecule has 7 nitrogen and oxygen atoms in total. The molecule has 98 valence electrons. The van der Waals surface area contributed by atoms with Gasteiger partial charge in [-0.1, -0.05) is 0 Å². The van der Waals surface area contributed by atoms with Crippen LogP contribution in [0.15, 0.2) is 16.8 Å². The minimum Gasteiger partial charge on any atom is -0.393 e. The number of nitrogens with zero attached hydrogens (tertiary/aromatic N) is 3. The van der Waals surface area contributed by atoms with Crippen molar-refractivity contribution in [3.63, 3.8) is 0 Å². The van der Waals surface area contributed by atoms with E-state index in [9.17, 15) is 9.90 Å². The number of hydrazine groups is 1. The molecule has 0 aromatic carbocycles. The molecule has 0 bridgehead atoms. The van der Waals surface area contributed by atoms with Gasteiger partial charge in [0.1, 0.15) is 5.84 Å². The van der Waals surface area contributed by atoms with Crippen LogP contribution >= 0.6 is 0 Å². The molecule has 0 radical (unpaired) electrons. The molecule has 0 saturated carbocycles. The van der Waals surface area contributed by atoms with Crippen LogP contribution in [0.2, 0.25) is 0 Å². The number of aliphatic imine (C=N–C) groups is 1. The average molecular weight is 251 g/mol. The maximum absolute atomic E-state index is 11.5. The number of amides is 2. The summed E-state index contributed by atoms with van der Waals surface area (Å²) < 4.78 is 0. The number of amidine groups is 1. The Labute approximate surface area is 105 Å². The molecule has 7 heteroatoms. The number of hydrogen-bond acceptors (Lipinski definition) is 5. The van der Waals surface area contributed by atoms with E-state index < -0.39 is 0 Å². The second-order valence-corrected chi connectivity index (χ2v) is 4.84. The van der Waals surface area contributed by atoms with Crippen molar-refractivity contribution in [1.82, 2.24) is 20.7 Å². The van der Waals surface area contributed by atoms with Crippen LogP contribution in [-0.2, 0) is 0 Å². The average Bonchev–Trinajstić information content (AvgIpc) is 2.71. The Morgan fingerprint density at radius 3 is 2.89 bits per heavy atom. The fourth-order valence-corrected chi connectivity index (χ4v) is 2.49. The zero-order valence-corrected chi connectivity index (χ0v) is 10.3. The number of piperidine rings is 1. The van der Waals surface area contributed by atoms with Crippen molar-refractivity contribution in [2.24, 2.45) is 4.99 Å². The van der Waals surface area contributed by atoms with E-state index in [0.717, 1.165) is 37.3 Å². The van der Waals surface area contributed by atoms with Crippen LogP contribution in [0, 0.1) is 0 Å². The second kappa shape index (κ2) is 4.25. The van der Waals surface area contributed by atoms with Gasteiger partial charge >= 0.3 is 6.03 Å². The molecule has 0 aromatic rings. The van der Waals surface area contributed by atoms with E-state index in [2.05, 4.69) is 20.7 Å². The SMILES string of the molecule is CC1=CN2C(=O)NNC2N=C1N1CCC(O)CC1. The van der Waals surface area contributed by atoms with Crippen LogP contribution in [0.3, 0.4) is 0 Å². The summed E-state index contributed by atoms with van der Waals surface area (Å²) in [7, 11) is 0. The zero-order chi connectivity index (χ0) is 12.7. The van der Waals surface area contributed by atoms with Crippen LogP contribution in [0.25, 0.3) is 0 Å². The first-order valence-electron chi connectivity index (χ1n) is 6.18. The Bertz CT molecular complexity index is 425. The topological polar surface area (TPSA) is 80.2 Å². The van der Waals surface area contributed by atoms with Crippen molar-refractivity contribution < 1.29 is 9.90 Å². The van der Waals surface area contributed by atoms with Gasteiger partial charge < -0.3 is 10.0 Å². The molecule has 18 heavy (non-hydrogen) atoms. The van der Waals surface area contributed by atoms with E-state index in [1.165, 1.54) is 4.90 Å². The Morgan fingerprint density at radius 1 is 1.44 bits per heavy atom. The molecule has 0 aromatic heterocycles. The van der Waals surface area contributed by atoms with E-state index in [1.807, 2.05) is 13.1 Å². The molecule has 0 spiro atoms. The van der Waals surface area contributed by atoms with Crippen LogP contribution in [0.5, 0.6) is 0 Å². The maximum atomic E-state index is 11.5. The quantitative estimate of drug-likeness (QED) is 0.546. The van der Waals surface area contributed by atoms with Gasteiger partial charge in [0.05, 0.1) is 6.10 Å². The third-order valence-corrected chi connectivity index (χ3v) is 3.50. The zero-order valence-electron chi connectivity index (χ0n) is 10.3. The summed E-state index contributed by atoms with van der Waals surface area (Å²) in [5.74, 6) is 0.909. The molecule has 1 unspecified atom stereocenters. The highest BCUT2D eigenvalue weighted by Crippen LogP contribution is 2.20. The van der Waals surface area contributed by atoms with Gasteiger partial charge in [0.2, 0.25) is 6.29 Å². The van der Waals surface area contributed by atoms with E-state index in [1.54, 1.807) is 0 Å². The Kier molecular flexibility index (Phi) is 2.71. The van der Waals surface area contributed by atoms with Gasteiger partial charge in [-0.2, -0.15) is 5.43 Å². The number of nitrogens with one attached hydrogen (secondary N) is 2. The molecule has 2 amide bonds. The highest BCUT2D eigenvalue weighted by atomic mass is 16.3. The van der Waals surface area contributed by atoms with E-state index in [-0.39, 0.29) is 18.4 Å². The molecular formula is C11H17N5O2. The smallest absolute Gasteiger partial charge is 0.338 e. The number of rotatable bonds is 0. The van der Waals surface area contributed by atoms with Gasteiger partial charge in [0, 0.05) is 24.9 Å². The number of urea groups is 1. The van der Waals surface area contributed by atoms with Gasteiger partial charge in [-0.05, 0) is 19.8 Å². The molecule has 3 heterocycles. The van der Waals surface area contributed by atoms with Crippen molar-refractivity contribution in [1.29, 1.82) is 0 Å². The van der Waals surface area contributed by atoms with Gasteiger partial charge in [-0.15, -0.1) is 0 Å². The van der Waals surface area contributed by atoms with Crippen LogP contribution < -0.4 is 10.9 Å². The molecule has 3 aliphatic rings. The van der Waals surface area contributed by atoms with Gasteiger partial charge in [-0.25, -0.2) is 9.79 Å². The molecule has 3 rings (SSSR count). The van der Waals surface area contributed by atoms with Gasteiger partial charge in [0.15, 0.2) is 0 Å². The highest BCUT2D eigenvalue weighted by Gasteiger charge is 2.34. The minimum absolute atomic E-state index is 0.184. The summed E-state index contributed by atoms with van der Waals surface area (Å²) in [6, 6.07) is -0.184. The van der Waals surface area contributed by atoms with Crippen molar-refractivity contribution in [2.45, 2.75) is 32.2 Å². The molecule has 3 N–H and O–H groups in total. The molecule has 2 fully saturated rings. The summed E-state index contributed by atoms with van der Waals surface area (Å²) in [5.41, 5.74) is 6.34. The summed E-state index contributed by atoms with van der Waals surface area (Å²) in [6.07, 6.45) is 2.80. The molecule has 2 saturated heterocycles. The number of likely N-dealkylation sites (tertiary alicyclic amines) is 1. The maximum Gasteiger partial charge on any atom is 0.338 e. The molecular weight excluding hydrogens is 234 g/mol. The van der Waals surface area contributed by atoms with Crippen molar-refractivity contribution in [3.05, 3.63) is 11.8 Å². The lowest BCUT2D eigenvalue weighted by molar-refractivity contribution is 0.108. The van der Waals surface area contributed by atoms with Crippen LogP contribution in [0.4, 0.5) is 4.79 Å². The lowest BCUT2D eigenvalue weighted by atomic mass is 10.1. The molecule has 3 aliphatic heterocycles. The monoisotopic (exact) mass is 251 g/mol. The lowest BCUT2D eigenvalue weighted by Crippen LogP contribution is -2.45. The Balaban J connectivity index is 1.79. The minimum atomic E-state index is -0.358. The number of fused-ring (bicyclic) bond motifs is 1. The fourth-order valence-electron chi connectivity index (χ4n) is 2.49. The normalized spacial score (nSPS) is 28.8. The third-order valence-electron chi connectivity index (χ3n) is 3.50. The predicted molar refractivity (Wildman–Crippen MR) is 65.3 cm³/mol. The number of hydrogen-bond donors (Lipinski definition) is 3. The lowest BCUT2D eigenvalue weighted by Gasteiger charge is -2.35. The number of aliphatic hydroxyl groups excluding tert-OH is 1. The summed E-state index contributed by atoms with van der Waals surface area (Å²) >= 11 is 0. The van der Waals surface area contributed by atoms with Crippen molar-refractivity contribution in [3.8, 4) is 0 Å². The Morgan fingerprint density at radius 2 is 2.17 bits per heavy atom. The summed E-state index contributed by atoms with van der Waals surface area (Å²) in [6.45, 7) is 3.56. The second-order valence-electron chi connectivity index (χ2n) is 4.84. The number of carbonyl (C=O) groups excluding carboxylic acids is 1. The van der Waals surface area contributed by atoms with E-state index in [0.29, 0.717) is 0 Å². The molecule has 0 aliphatic carbocycles. The predicted octanol–water partition coefficient (Wildman–Crippen LogP) is -0.428. The number of carbonyl (C=O) groups is 1. The largest absolute Gasteiger partial charge is 0.393 e. The van der Waals surface area contributed by atoms with E-state index in [4.69, 9.17) is 0 Å². The first-order chi connectivity index (χ1) is 8.65. The first-order valence-corrected chi connectivity index (χ1v) is 6.18. The van der Waals surface area contributed by atoms with Crippen LogP contribution in [-0.4, -0.2) is 52.3 Å². The van der Waals surface area contributed by atoms with Crippen molar-refractivity contribution in [2.75, 3.05) is 13.1 Å². The summed E-state index contributed by atoms with van der Waals surface area (Å²) in [4.78, 5) is 19.7. The highest BCUT2D eigenvalue weighted by molar-refractivity contribution is 5.99. The van der Waals surface area contributed by atoms with Crippen molar-refractivity contribution >= 4 is 11.9 Å². The number of aliphatic hydroxyl groups is 1. The van der Waals surface area contributed by atoms with Crippen LogP contribution in [0.1, 0.15) is 19.8 Å². The summed E-state index contributed by atoms with van der Waals surface area (Å²) in [5, 5.41) is 9.52. The third kappa shape index (κ3) is 1.85. The van der Waals surface area contributed by atoms with Gasteiger partial charge in [-0.3, -0.25) is 10.3 Å². The fraction of sp³-hybridized carbons (Fsp3) is 0.636.